The summed E-state index contributed by atoms with van der Waals surface area (Å²) in [5.74, 6) is 1.86. The highest BCUT2D eigenvalue weighted by molar-refractivity contribution is 7.93. The molecule has 0 radical (unpaired) electrons. The molecule has 12 aromatic rings. The van der Waals surface area contributed by atoms with Crippen molar-refractivity contribution in [2.45, 2.75) is 148 Å². The van der Waals surface area contributed by atoms with E-state index in [9.17, 15) is 21.4 Å². The number of aryl methyl sites for hydroxylation is 3. The second-order valence-corrected chi connectivity index (χ2v) is 28.8. The van der Waals surface area contributed by atoms with Gasteiger partial charge < -0.3 is 21.7 Å². The molecule has 20 rings (SSSR count). The van der Waals surface area contributed by atoms with Gasteiger partial charge in [0.15, 0.2) is 45.9 Å². The Labute approximate surface area is 644 Å². The maximum atomic E-state index is 13.6. The Morgan fingerprint density at radius 1 is 0.414 bits per heavy atom. The molecule has 5 N–H and O–H groups in total. The van der Waals surface area contributed by atoms with Crippen LogP contribution in [0.1, 0.15) is 119 Å². The van der Waals surface area contributed by atoms with E-state index in [-0.39, 0.29) is 35.6 Å². The maximum Gasteiger partial charge on any atom is 0.228 e. The number of rotatable bonds is 10. The first-order valence-corrected chi connectivity index (χ1v) is 38.2. The Kier molecular flexibility index (Phi) is 22.7. The van der Waals surface area contributed by atoms with Crippen LogP contribution in [0.5, 0.6) is 0 Å². The summed E-state index contributed by atoms with van der Waals surface area (Å²) in [5, 5.41) is 28.0. The molecule has 0 saturated heterocycles. The summed E-state index contributed by atoms with van der Waals surface area (Å²) in [5.41, 5.74) is 25.6. The highest BCUT2D eigenvalue weighted by Gasteiger charge is 2.28. The van der Waals surface area contributed by atoms with E-state index in [0.29, 0.717) is 92.0 Å². The molecule has 566 valence electrons. The summed E-state index contributed by atoms with van der Waals surface area (Å²) in [4.78, 5) is 51.4. The SMILES string of the molecule is CSF.Cc1cnn2c(NC3CCC4=C(C=CC4)C3)nc(-c3cncc(F)c3)nc12.Cc1cnn2c(N[C@@H]3CCC4=C(C=CC4)C3)nc(-c3cncc(F)c3)nc12.Cc1cnn2c(N[C@H]3CCC4=C(C=CC4)C3)nc(-c3cncc(F)c3)nc12.Fc1cncc(-c2nc(Cl)n3nccc3n2)c1.NC1CCC2=C(C=CC2)C1. The largest absolute Gasteiger partial charge is 0.351 e. The first-order valence-electron chi connectivity index (χ1n) is 36.7. The van der Waals surface area contributed by atoms with Crippen molar-refractivity contribution < 1.29 is 21.4 Å². The summed E-state index contributed by atoms with van der Waals surface area (Å²) < 4.78 is 70.7. The summed E-state index contributed by atoms with van der Waals surface area (Å²) >= 11 is 6.18. The van der Waals surface area contributed by atoms with Crippen LogP contribution in [0.25, 0.3) is 68.1 Å². The minimum absolute atomic E-state index is 0.166. The molecular weight excluding hydrogens is 1460 g/mol. The lowest BCUT2D eigenvalue weighted by Crippen LogP contribution is -2.25. The fourth-order valence-electron chi connectivity index (χ4n) is 14.8. The lowest BCUT2D eigenvalue weighted by atomic mass is 9.90. The van der Waals surface area contributed by atoms with E-state index < -0.39 is 23.3 Å². The maximum absolute atomic E-state index is 13.6. The fourth-order valence-corrected chi connectivity index (χ4v) is 15.0. The van der Waals surface area contributed by atoms with Gasteiger partial charge in [0.2, 0.25) is 23.1 Å². The van der Waals surface area contributed by atoms with Crippen LogP contribution in [0.4, 0.5) is 39.3 Å². The molecule has 0 saturated carbocycles. The van der Waals surface area contributed by atoms with Crippen molar-refractivity contribution in [1.82, 2.24) is 98.3 Å². The predicted molar refractivity (Wildman–Crippen MR) is 418 cm³/mol. The molecule has 0 amide bonds. The summed E-state index contributed by atoms with van der Waals surface area (Å²) in [6.45, 7) is 5.86. The summed E-state index contributed by atoms with van der Waals surface area (Å²) in [6, 6.07) is 8.46. The Morgan fingerprint density at radius 3 is 1.08 bits per heavy atom. The van der Waals surface area contributed by atoms with Crippen molar-refractivity contribution >= 4 is 64.2 Å². The van der Waals surface area contributed by atoms with Gasteiger partial charge in [0, 0.05) is 112 Å². The molecule has 24 nitrogen and oxygen atoms in total. The van der Waals surface area contributed by atoms with Crippen molar-refractivity contribution in [3.8, 4) is 45.6 Å². The number of nitrogens with zero attached hydrogens (tertiary/aromatic N) is 20. The van der Waals surface area contributed by atoms with Gasteiger partial charge in [-0.1, -0.05) is 70.9 Å². The third-order valence-corrected chi connectivity index (χ3v) is 20.6. The first kappa shape index (κ1) is 74.8. The molecule has 0 spiro atoms. The second kappa shape index (κ2) is 33.7. The summed E-state index contributed by atoms with van der Waals surface area (Å²) in [7, 11) is 0. The molecule has 31 heteroatoms. The Bertz CT molecular complexity index is 5340. The van der Waals surface area contributed by atoms with E-state index in [0.717, 1.165) is 106 Å². The Balaban J connectivity index is 0.000000112. The summed E-state index contributed by atoms with van der Waals surface area (Å²) in [6.07, 6.45) is 54.4. The number of allylic oxidation sites excluding steroid dienone is 12. The number of hydrogen-bond acceptors (Lipinski definition) is 21. The molecule has 12 aromatic heterocycles. The zero-order valence-corrected chi connectivity index (χ0v) is 62.8. The number of hydrogen-bond donors (Lipinski definition) is 4. The third-order valence-electron chi connectivity index (χ3n) is 20.3. The monoisotopic (exact) mass is 1540 g/mol. The lowest BCUT2D eigenvalue weighted by Gasteiger charge is -2.25. The highest BCUT2D eigenvalue weighted by Crippen LogP contribution is 2.38. The van der Waals surface area contributed by atoms with E-state index >= 15 is 0 Å². The minimum atomic E-state index is -0.449. The number of pyridine rings is 4. The van der Waals surface area contributed by atoms with Crippen LogP contribution >= 0.6 is 23.7 Å². The molecule has 0 bridgehead atoms. The third kappa shape index (κ3) is 17.4. The first-order chi connectivity index (χ1) is 54.0. The number of aromatic nitrogens is 20. The topological polar surface area (TPSA) is 286 Å². The van der Waals surface area contributed by atoms with E-state index in [2.05, 4.69) is 145 Å². The van der Waals surface area contributed by atoms with E-state index in [1.54, 1.807) is 85.3 Å². The van der Waals surface area contributed by atoms with Crippen LogP contribution in [-0.2, 0) is 0 Å². The van der Waals surface area contributed by atoms with Gasteiger partial charge in [-0.3, -0.25) is 19.9 Å². The molecule has 8 aliphatic rings. The lowest BCUT2D eigenvalue weighted by molar-refractivity contribution is 0.576. The van der Waals surface area contributed by atoms with Gasteiger partial charge in [-0.2, -0.15) is 62.3 Å². The van der Waals surface area contributed by atoms with Crippen molar-refractivity contribution in [2.75, 3.05) is 22.2 Å². The predicted octanol–water partition coefficient (Wildman–Crippen LogP) is 16.5. The number of fused-ring (bicyclic) bond motifs is 4. The zero-order valence-electron chi connectivity index (χ0n) is 61.3. The van der Waals surface area contributed by atoms with Gasteiger partial charge in [-0.05, 0) is 182 Å². The number of nitrogens with two attached hydrogens (primary N) is 1. The average molecular weight is 1540 g/mol. The van der Waals surface area contributed by atoms with Crippen LogP contribution < -0.4 is 21.7 Å². The van der Waals surface area contributed by atoms with Gasteiger partial charge in [0.05, 0.1) is 49.6 Å². The van der Waals surface area contributed by atoms with Gasteiger partial charge in [0.25, 0.3) is 0 Å². The van der Waals surface area contributed by atoms with Crippen LogP contribution in [-0.4, -0.2) is 129 Å². The number of halogens is 6. The van der Waals surface area contributed by atoms with Crippen molar-refractivity contribution in [3.63, 3.8) is 0 Å². The van der Waals surface area contributed by atoms with Crippen LogP contribution in [0.3, 0.4) is 0 Å². The smallest absolute Gasteiger partial charge is 0.228 e. The van der Waals surface area contributed by atoms with Crippen molar-refractivity contribution in [1.29, 1.82) is 0 Å². The quantitative estimate of drug-likeness (QED) is 0.0925. The molecule has 0 aliphatic heterocycles. The van der Waals surface area contributed by atoms with Gasteiger partial charge >= 0.3 is 0 Å². The zero-order chi connectivity index (χ0) is 76.7. The minimum Gasteiger partial charge on any atom is -0.351 e. The standard InChI is InChI=1S/3C20H19FN6.C10H5ClFN5.C9H13N.CH3FS/c3*1-12-9-23-27-19(12)25-18(15-7-16(21)11-22-10-15)26-20(27)24-17-6-5-13-3-2-4-14(13)8-17;11-10-16-9(6-3-7(12)5-13-4-6)15-8-1-2-14-17(8)10;10-9-5-4-7-2-1-3-8(7)6-9;1-3-2/h3*2,4,7,9-11,17H,3,5-6,8H2,1H3,(H,24,25,26);1-5H;1,3,9H,2,4-6,10H2;1H3/t2*17-;;;;/m10..../s1. The van der Waals surface area contributed by atoms with Crippen molar-refractivity contribution in [3.05, 3.63) is 243 Å². The molecule has 4 atom stereocenters. The molecule has 8 aliphatic carbocycles. The van der Waals surface area contributed by atoms with Crippen molar-refractivity contribution in [2.24, 2.45) is 5.73 Å². The number of nitrogens with one attached hydrogen (secondary N) is 3. The van der Waals surface area contributed by atoms with Crippen LogP contribution in [0.15, 0.2) is 198 Å². The fraction of sp³-hybridized carbons (Fsp3) is 0.300. The molecular formula is C80H78ClF5N24S. The highest BCUT2D eigenvalue weighted by atomic mass is 35.5. The normalized spacial score (nSPS) is 18.5. The molecule has 0 fully saturated rings. The van der Waals surface area contributed by atoms with Crippen LogP contribution in [0, 0.1) is 44.0 Å². The molecule has 2 unspecified atom stereocenters. The van der Waals surface area contributed by atoms with Gasteiger partial charge in [0.1, 0.15) is 23.3 Å². The Morgan fingerprint density at radius 2 is 0.739 bits per heavy atom. The van der Waals surface area contributed by atoms with E-state index in [4.69, 9.17) is 17.3 Å². The average Bonchev–Trinajstić information content (AvgIpc) is 1.69. The van der Waals surface area contributed by atoms with Gasteiger partial charge in [-0.15, -0.1) is 0 Å². The van der Waals surface area contributed by atoms with E-state index in [1.165, 1.54) is 101 Å². The molecule has 111 heavy (non-hydrogen) atoms. The number of anilines is 3. The molecule has 12 heterocycles. The van der Waals surface area contributed by atoms with Crippen LogP contribution in [0.2, 0.25) is 5.28 Å². The second-order valence-electron chi connectivity index (χ2n) is 28.1. The molecule has 0 aromatic carbocycles. The van der Waals surface area contributed by atoms with E-state index in [1.807, 2.05) is 20.8 Å². The van der Waals surface area contributed by atoms with Gasteiger partial charge in [-0.25, -0.2) is 37.5 Å². The Hall–Kier alpha value is -11.6.